The van der Waals surface area contributed by atoms with E-state index >= 15 is 0 Å². The SMILES string of the molecule is CCN(CC)S(=O)(=O)c1cccc(CN)c1. The molecule has 0 spiro atoms. The van der Waals surface area contributed by atoms with E-state index in [0.29, 0.717) is 24.5 Å². The highest BCUT2D eigenvalue weighted by atomic mass is 32.2. The smallest absolute Gasteiger partial charge is 0.243 e. The lowest BCUT2D eigenvalue weighted by Gasteiger charge is -2.18. The summed E-state index contributed by atoms with van der Waals surface area (Å²) in [7, 11) is -3.36. The molecule has 0 atom stereocenters. The van der Waals surface area contributed by atoms with Crippen molar-refractivity contribution in [2.45, 2.75) is 25.3 Å². The Morgan fingerprint density at radius 1 is 1.25 bits per heavy atom. The molecule has 5 heteroatoms. The van der Waals surface area contributed by atoms with E-state index in [9.17, 15) is 8.42 Å². The summed E-state index contributed by atoms with van der Waals surface area (Å²) in [5.41, 5.74) is 6.32. The monoisotopic (exact) mass is 242 g/mol. The van der Waals surface area contributed by atoms with Gasteiger partial charge in [-0.1, -0.05) is 26.0 Å². The number of nitrogens with two attached hydrogens (primary N) is 1. The highest BCUT2D eigenvalue weighted by Crippen LogP contribution is 2.16. The summed E-state index contributed by atoms with van der Waals surface area (Å²) in [6.07, 6.45) is 0. The largest absolute Gasteiger partial charge is 0.326 e. The van der Waals surface area contributed by atoms with Crippen LogP contribution in [0, 0.1) is 0 Å². The molecule has 0 unspecified atom stereocenters. The molecule has 90 valence electrons. The van der Waals surface area contributed by atoms with Crippen LogP contribution in [-0.4, -0.2) is 25.8 Å². The van der Waals surface area contributed by atoms with Crippen molar-refractivity contribution in [3.05, 3.63) is 29.8 Å². The maximum atomic E-state index is 12.1. The van der Waals surface area contributed by atoms with E-state index in [1.165, 1.54) is 4.31 Å². The molecule has 2 N–H and O–H groups in total. The average Bonchev–Trinajstić information content (AvgIpc) is 2.30. The normalized spacial score (nSPS) is 12.0. The van der Waals surface area contributed by atoms with Crippen LogP contribution in [-0.2, 0) is 16.6 Å². The quantitative estimate of drug-likeness (QED) is 0.843. The van der Waals surface area contributed by atoms with Crippen LogP contribution in [0.5, 0.6) is 0 Å². The van der Waals surface area contributed by atoms with E-state index < -0.39 is 10.0 Å². The minimum Gasteiger partial charge on any atom is -0.326 e. The van der Waals surface area contributed by atoms with Gasteiger partial charge in [-0.15, -0.1) is 0 Å². The molecule has 0 saturated heterocycles. The van der Waals surface area contributed by atoms with Crippen molar-refractivity contribution in [2.75, 3.05) is 13.1 Å². The molecule has 0 aliphatic heterocycles. The Labute approximate surface area is 97.1 Å². The van der Waals surface area contributed by atoms with Crippen LogP contribution in [0.1, 0.15) is 19.4 Å². The second-order valence-corrected chi connectivity index (χ2v) is 5.38. The van der Waals surface area contributed by atoms with Gasteiger partial charge in [0.2, 0.25) is 10.0 Å². The molecule has 0 aromatic heterocycles. The van der Waals surface area contributed by atoms with E-state index in [1.54, 1.807) is 18.2 Å². The fourth-order valence-corrected chi connectivity index (χ4v) is 3.07. The highest BCUT2D eigenvalue weighted by Gasteiger charge is 2.21. The second kappa shape index (κ2) is 5.43. The first-order chi connectivity index (χ1) is 7.56. The zero-order valence-corrected chi connectivity index (χ0v) is 10.5. The van der Waals surface area contributed by atoms with Crippen molar-refractivity contribution in [2.24, 2.45) is 5.73 Å². The Morgan fingerprint density at radius 3 is 2.38 bits per heavy atom. The van der Waals surface area contributed by atoms with Gasteiger partial charge in [0.15, 0.2) is 0 Å². The molecule has 1 aromatic rings. The summed E-state index contributed by atoms with van der Waals surface area (Å²) >= 11 is 0. The molecule has 0 aliphatic rings. The van der Waals surface area contributed by atoms with Crippen molar-refractivity contribution < 1.29 is 8.42 Å². The van der Waals surface area contributed by atoms with Crippen LogP contribution in [0.3, 0.4) is 0 Å². The summed E-state index contributed by atoms with van der Waals surface area (Å²) in [6.45, 7) is 4.96. The lowest BCUT2D eigenvalue weighted by Crippen LogP contribution is -2.30. The molecule has 0 fully saturated rings. The zero-order valence-electron chi connectivity index (χ0n) is 9.68. The Hall–Kier alpha value is -0.910. The average molecular weight is 242 g/mol. The van der Waals surface area contributed by atoms with Crippen molar-refractivity contribution in [3.63, 3.8) is 0 Å². The van der Waals surface area contributed by atoms with Crippen molar-refractivity contribution in [1.29, 1.82) is 0 Å². The standard InChI is InChI=1S/C11H18N2O2S/c1-3-13(4-2)16(14,15)11-7-5-6-10(8-11)9-12/h5-8H,3-4,9,12H2,1-2H3. The van der Waals surface area contributed by atoms with Crippen LogP contribution in [0.25, 0.3) is 0 Å². The summed E-state index contributed by atoms with van der Waals surface area (Å²) in [5.74, 6) is 0. The van der Waals surface area contributed by atoms with Gasteiger partial charge in [0.05, 0.1) is 4.90 Å². The van der Waals surface area contributed by atoms with E-state index in [-0.39, 0.29) is 0 Å². The lowest BCUT2D eigenvalue weighted by atomic mass is 10.2. The van der Waals surface area contributed by atoms with Crippen LogP contribution in [0.15, 0.2) is 29.2 Å². The van der Waals surface area contributed by atoms with Gasteiger partial charge in [-0.25, -0.2) is 8.42 Å². The predicted molar refractivity (Wildman–Crippen MR) is 64.4 cm³/mol. The molecular weight excluding hydrogens is 224 g/mol. The van der Waals surface area contributed by atoms with E-state index in [2.05, 4.69) is 0 Å². The number of rotatable bonds is 5. The van der Waals surface area contributed by atoms with Crippen LogP contribution in [0.2, 0.25) is 0 Å². The van der Waals surface area contributed by atoms with E-state index in [1.807, 2.05) is 19.9 Å². The maximum absolute atomic E-state index is 12.1. The molecular formula is C11H18N2O2S. The molecule has 1 aromatic carbocycles. The molecule has 0 heterocycles. The number of hydrogen-bond donors (Lipinski definition) is 1. The molecule has 16 heavy (non-hydrogen) atoms. The van der Waals surface area contributed by atoms with Gasteiger partial charge < -0.3 is 5.73 Å². The van der Waals surface area contributed by atoms with Gasteiger partial charge in [0.25, 0.3) is 0 Å². The Kier molecular flexibility index (Phi) is 4.46. The van der Waals surface area contributed by atoms with Crippen molar-refractivity contribution in [3.8, 4) is 0 Å². The predicted octanol–water partition coefficient (Wildman–Crippen LogP) is 1.18. The molecule has 0 radical (unpaired) electrons. The number of benzene rings is 1. The third kappa shape index (κ3) is 2.61. The van der Waals surface area contributed by atoms with Gasteiger partial charge >= 0.3 is 0 Å². The topological polar surface area (TPSA) is 63.4 Å². The first kappa shape index (κ1) is 13.2. The number of nitrogens with zero attached hydrogens (tertiary/aromatic N) is 1. The fourth-order valence-electron chi connectivity index (χ4n) is 1.55. The minimum atomic E-state index is -3.36. The van der Waals surface area contributed by atoms with Gasteiger partial charge in [-0.3, -0.25) is 0 Å². The first-order valence-corrected chi connectivity index (χ1v) is 6.79. The molecule has 1 rings (SSSR count). The summed E-state index contributed by atoms with van der Waals surface area (Å²) in [4.78, 5) is 0.319. The molecule has 0 aliphatic carbocycles. The van der Waals surface area contributed by atoms with E-state index in [4.69, 9.17) is 5.73 Å². The van der Waals surface area contributed by atoms with E-state index in [0.717, 1.165) is 5.56 Å². The minimum absolute atomic E-state index is 0.319. The summed E-state index contributed by atoms with van der Waals surface area (Å²) in [5, 5.41) is 0. The molecule has 0 bridgehead atoms. The second-order valence-electron chi connectivity index (χ2n) is 3.44. The van der Waals surface area contributed by atoms with Crippen LogP contribution in [0.4, 0.5) is 0 Å². The van der Waals surface area contributed by atoms with Crippen LogP contribution >= 0.6 is 0 Å². The lowest BCUT2D eigenvalue weighted by molar-refractivity contribution is 0.445. The van der Waals surface area contributed by atoms with Crippen molar-refractivity contribution >= 4 is 10.0 Å². The van der Waals surface area contributed by atoms with Gasteiger partial charge in [0.1, 0.15) is 0 Å². The molecule has 0 saturated carbocycles. The Morgan fingerprint density at radius 2 is 1.88 bits per heavy atom. The summed E-state index contributed by atoms with van der Waals surface area (Å²) in [6, 6.07) is 6.78. The first-order valence-electron chi connectivity index (χ1n) is 5.35. The Bertz CT molecular complexity index is 439. The van der Waals surface area contributed by atoms with Crippen molar-refractivity contribution in [1.82, 2.24) is 4.31 Å². The van der Waals surface area contributed by atoms with Crippen LogP contribution < -0.4 is 5.73 Å². The number of hydrogen-bond acceptors (Lipinski definition) is 3. The number of sulfonamides is 1. The molecule has 4 nitrogen and oxygen atoms in total. The zero-order chi connectivity index (χ0) is 12.2. The van der Waals surface area contributed by atoms with Gasteiger partial charge in [-0.2, -0.15) is 4.31 Å². The third-order valence-corrected chi connectivity index (χ3v) is 4.52. The molecule has 0 amide bonds. The van der Waals surface area contributed by atoms with Gasteiger partial charge in [-0.05, 0) is 17.7 Å². The summed E-state index contributed by atoms with van der Waals surface area (Å²) < 4.78 is 25.7. The van der Waals surface area contributed by atoms with Gasteiger partial charge in [0, 0.05) is 19.6 Å². The fraction of sp³-hybridized carbons (Fsp3) is 0.455. The Balaban J connectivity index is 3.16. The maximum Gasteiger partial charge on any atom is 0.243 e. The third-order valence-electron chi connectivity index (χ3n) is 2.48. The highest BCUT2D eigenvalue weighted by molar-refractivity contribution is 7.89.